The summed E-state index contributed by atoms with van der Waals surface area (Å²) in [6.07, 6.45) is 2.40. The molecule has 2 aromatic rings. The quantitative estimate of drug-likeness (QED) is 0.117. The van der Waals surface area contributed by atoms with E-state index in [1.54, 1.807) is 4.90 Å². The van der Waals surface area contributed by atoms with Gasteiger partial charge in [-0.25, -0.2) is 0 Å². The first kappa shape index (κ1) is 29.5. The number of hydrogen-bond acceptors (Lipinski definition) is 10. The fraction of sp³-hybridized carbons (Fsp3) is 0.364. The SMILES string of the molecule is O=C(O)CN(CCN(CCNC(=O)c1cc[nH]c(=O)c1O)CCNC(=O)c1cc[nH]c(=O)c1O)CC(=O)O. The minimum absolute atomic E-state index is 0.0196. The average molecular weight is 536 g/mol. The molecular weight excluding hydrogens is 508 g/mol. The second-order valence-electron chi connectivity index (χ2n) is 7.99. The van der Waals surface area contributed by atoms with Crippen molar-refractivity contribution in [3.8, 4) is 11.5 Å². The lowest BCUT2D eigenvalue weighted by atomic mass is 10.2. The summed E-state index contributed by atoms with van der Waals surface area (Å²) in [6.45, 7) is -0.486. The highest BCUT2D eigenvalue weighted by atomic mass is 16.4. The molecule has 0 aliphatic heterocycles. The number of aromatic hydroxyl groups is 2. The van der Waals surface area contributed by atoms with Gasteiger partial charge in [0.05, 0.1) is 24.2 Å². The van der Waals surface area contributed by atoms with E-state index in [9.17, 15) is 39.0 Å². The number of nitrogens with zero attached hydrogens (tertiary/aromatic N) is 2. The first-order chi connectivity index (χ1) is 18.0. The Hall–Kier alpha value is -4.70. The molecule has 2 heterocycles. The van der Waals surface area contributed by atoms with Crippen LogP contribution in [0.4, 0.5) is 0 Å². The van der Waals surface area contributed by atoms with E-state index >= 15 is 0 Å². The van der Waals surface area contributed by atoms with Crippen molar-refractivity contribution in [2.45, 2.75) is 0 Å². The highest BCUT2D eigenvalue weighted by Crippen LogP contribution is 2.09. The molecule has 0 fully saturated rings. The number of hydrogen-bond donors (Lipinski definition) is 8. The predicted octanol–water partition coefficient (Wildman–Crippen LogP) is -2.59. The van der Waals surface area contributed by atoms with Crippen molar-refractivity contribution in [1.82, 2.24) is 30.4 Å². The molecule has 0 aromatic carbocycles. The summed E-state index contributed by atoms with van der Waals surface area (Å²) in [5, 5.41) is 42.7. The first-order valence-corrected chi connectivity index (χ1v) is 11.3. The smallest absolute Gasteiger partial charge is 0.317 e. The van der Waals surface area contributed by atoms with Gasteiger partial charge in [0.15, 0.2) is 11.5 Å². The zero-order valence-electron chi connectivity index (χ0n) is 20.1. The molecule has 0 radical (unpaired) electrons. The van der Waals surface area contributed by atoms with Crippen LogP contribution in [-0.2, 0) is 9.59 Å². The minimum Gasteiger partial charge on any atom is -0.502 e. The molecule has 0 spiro atoms. The number of aliphatic carboxylic acids is 2. The van der Waals surface area contributed by atoms with Crippen molar-refractivity contribution < 1.29 is 39.6 Å². The van der Waals surface area contributed by atoms with Gasteiger partial charge in [-0.3, -0.25) is 38.6 Å². The lowest BCUT2D eigenvalue weighted by molar-refractivity contribution is -0.141. The Morgan fingerprint density at radius 1 is 0.684 bits per heavy atom. The van der Waals surface area contributed by atoms with Crippen LogP contribution in [-0.4, -0.2) is 116 Å². The van der Waals surface area contributed by atoms with Crippen LogP contribution in [0.15, 0.2) is 34.1 Å². The molecule has 2 amide bonds. The van der Waals surface area contributed by atoms with E-state index in [1.165, 1.54) is 29.4 Å². The first-order valence-electron chi connectivity index (χ1n) is 11.3. The van der Waals surface area contributed by atoms with E-state index in [2.05, 4.69) is 20.6 Å². The number of nitrogens with one attached hydrogen (secondary N) is 4. The second-order valence-corrected chi connectivity index (χ2v) is 7.99. The summed E-state index contributed by atoms with van der Waals surface area (Å²) in [7, 11) is 0. The molecule has 2 aromatic heterocycles. The number of carbonyl (C=O) groups is 4. The van der Waals surface area contributed by atoms with Crippen LogP contribution in [0.25, 0.3) is 0 Å². The van der Waals surface area contributed by atoms with Gasteiger partial charge in [0.25, 0.3) is 22.9 Å². The highest BCUT2D eigenvalue weighted by molar-refractivity contribution is 5.97. The van der Waals surface area contributed by atoms with Crippen LogP contribution >= 0.6 is 0 Å². The Bertz CT molecular complexity index is 1180. The number of H-pyrrole nitrogens is 2. The molecule has 0 saturated carbocycles. The highest BCUT2D eigenvalue weighted by Gasteiger charge is 2.18. The third kappa shape index (κ3) is 9.07. The van der Waals surface area contributed by atoms with E-state index in [4.69, 9.17) is 10.2 Å². The number of aromatic nitrogens is 2. The molecule has 38 heavy (non-hydrogen) atoms. The van der Waals surface area contributed by atoms with Crippen LogP contribution in [0.5, 0.6) is 11.5 Å². The van der Waals surface area contributed by atoms with E-state index in [0.717, 1.165) is 0 Å². The molecule has 16 heteroatoms. The van der Waals surface area contributed by atoms with Crippen molar-refractivity contribution in [3.05, 3.63) is 56.4 Å². The van der Waals surface area contributed by atoms with Gasteiger partial charge in [-0.1, -0.05) is 0 Å². The fourth-order valence-electron chi connectivity index (χ4n) is 3.37. The topological polar surface area (TPSA) is 245 Å². The minimum atomic E-state index is -1.22. The van der Waals surface area contributed by atoms with E-state index in [1.807, 2.05) is 0 Å². The van der Waals surface area contributed by atoms with Crippen molar-refractivity contribution in [1.29, 1.82) is 0 Å². The molecule has 0 aliphatic carbocycles. The van der Waals surface area contributed by atoms with Crippen molar-refractivity contribution in [2.24, 2.45) is 0 Å². The number of carboxylic acid groups (broad SMARTS) is 2. The number of pyridine rings is 2. The summed E-state index contributed by atoms with van der Waals surface area (Å²) < 4.78 is 0. The molecule has 2 rings (SSSR count). The van der Waals surface area contributed by atoms with Gasteiger partial charge < -0.3 is 41.0 Å². The summed E-state index contributed by atoms with van der Waals surface area (Å²) in [5.41, 5.74) is -2.14. The molecule has 0 atom stereocenters. The van der Waals surface area contributed by atoms with Gasteiger partial charge in [-0.05, 0) is 12.1 Å². The Morgan fingerprint density at radius 2 is 1.08 bits per heavy atom. The average Bonchev–Trinajstić information content (AvgIpc) is 2.84. The predicted molar refractivity (Wildman–Crippen MR) is 130 cm³/mol. The summed E-state index contributed by atoms with van der Waals surface area (Å²) in [4.78, 5) is 77.1. The molecule has 0 aliphatic rings. The van der Waals surface area contributed by atoms with Crippen molar-refractivity contribution >= 4 is 23.8 Å². The lowest BCUT2D eigenvalue weighted by Crippen LogP contribution is -2.45. The Labute approximate surface area is 214 Å². The number of carbonyl (C=O) groups excluding carboxylic acids is 2. The second kappa shape index (κ2) is 14.1. The molecule has 16 nitrogen and oxygen atoms in total. The molecular formula is C22H28N6O10. The van der Waals surface area contributed by atoms with E-state index in [-0.39, 0.29) is 50.4 Å². The number of amides is 2. The van der Waals surface area contributed by atoms with E-state index < -0.39 is 59.5 Å². The van der Waals surface area contributed by atoms with Crippen LogP contribution in [0.3, 0.4) is 0 Å². The normalized spacial score (nSPS) is 10.9. The Morgan fingerprint density at radius 3 is 1.47 bits per heavy atom. The van der Waals surface area contributed by atoms with Crippen molar-refractivity contribution in [2.75, 3.05) is 52.4 Å². The molecule has 206 valence electrons. The van der Waals surface area contributed by atoms with Gasteiger partial charge in [0.1, 0.15) is 0 Å². The van der Waals surface area contributed by atoms with Crippen LogP contribution in [0.1, 0.15) is 20.7 Å². The Kier molecular flexibility index (Phi) is 11.0. The third-order valence-electron chi connectivity index (χ3n) is 5.24. The van der Waals surface area contributed by atoms with Crippen molar-refractivity contribution in [3.63, 3.8) is 0 Å². The lowest BCUT2D eigenvalue weighted by Gasteiger charge is -2.26. The number of rotatable bonds is 15. The zero-order valence-corrected chi connectivity index (χ0v) is 20.1. The standard InChI is InChI=1S/C22H28N6O10/c29-15(30)11-28(12-16(31)32)10-9-27(7-5-25-19(35)13-1-3-23-21(37)17(13)33)8-6-26-20(36)14-2-4-24-22(38)18(14)34/h1-4,33-34H,5-12H2,(H,23,37)(H,24,38)(H,25,35)(H,26,36)(H,29,30)(H,31,32). The summed E-state index contributed by atoms with van der Waals surface area (Å²) in [6, 6.07) is 2.44. The Balaban J connectivity index is 2.02. The van der Waals surface area contributed by atoms with Crippen LogP contribution < -0.4 is 21.8 Å². The summed E-state index contributed by atoms with van der Waals surface area (Å²) in [5.74, 6) is -5.36. The molecule has 8 N–H and O–H groups in total. The van der Waals surface area contributed by atoms with Crippen LogP contribution in [0, 0.1) is 0 Å². The molecule has 0 saturated heterocycles. The maximum absolute atomic E-state index is 12.3. The zero-order chi connectivity index (χ0) is 28.2. The van der Waals surface area contributed by atoms with Gasteiger partial charge >= 0.3 is 11.9 Å². The van der Waals surface area contributed by atoms with Gasteiger partial charge in [-0.2, -0.15) is 0 Å². The van der Waals surface area contributed by atoms with Crippen LogP contribution in [0.2, 0.25) is 0 Å². The van der Waals surface area contributed by atoms with Gasteiger partial charge in [-0.15, -0.1) is 0 Å². The maximum Gasteiger partial charge on any atom is 0.317 e. The van der Waals surface area contributed by atoms with Gasteiger partial charge in [0.2, 0.25) is 0 Å². The largest absolute Gasteiger partial charge is 0.502 e. The van der Waals surface area contributed by atoms with E-state index in [0.29, 0.717) is 0 Å². The number of carboxylic acids is 2. The molecule has 0 bridgehead atoms. The fourth-order valence-corrected chi connectivity index (χ4v) is 3.37. The summed E-state index contributed by atoms with van der Waals surface area (Å²) >= 11 is 0. The van der Waals surface area contributed by atoms with Gasteiger partial charge in [0, 0.05) is 51.7 Å². The maximum atomic E-state index is 12.3. The monoisotopic (exact) mass is 536 g/mol. The number of aromatic amines is 2. The molecule has 0 unspecified atom stereocenters. The third-order valence-corrected chi connectivity index (χ3v) is 5.24.